The Kier molecular flexibility index (Phi) is 4.77. The van der Waals surface area contributed by atoms with E-state index in [2.05, 4.69) is 17.6 Å². The van der Waals surface area contributed by atoms with Crippen molar-refractivity contribution in [1.82, 2.24) is 10.6 Å². The molecule has 0 atom stereocenters. The zero-order valence-corrected chi connectivity index (χ0v) is 12.4. The standard InChI is InChI=1S/C14H20N2O3S/c1-14(6-8-15-9-7-14)16-13(17)12-4-2-11(3-5-12)10-20(18)19/h2-5,15,20H,6-10H2,1H3,(H,16,17). The average Bonchev–Trinajstić information content (AvgIpc) is 2.39. The lowest BCUT2D eigenvalue weighted by molar-refractivity contribution is 0.0887. The Morgan fingerprint density at radius 1 is 1.25 bits per heavy atom. The predicted molar refractivity (Wildman–Crippen MR) is 78.4 cm³/mol. The molecule has 0 bridgehead atoms. The van der Waals surface area contributed by atoms with Gasteiger partial charge < -0.3 is 10.6 Å². The maximum atomic E-state index is 12.2. The van der Waals surface area contributed by atoms with Gasteiger partial charge >= 0.3 is 0 Å². The van der Waals surface area contributed by atoms with Crippen LogP contribution in [0.5, 0.6) is 0 Å². The molecule has 6 heteroatoms. The molecular weight excluding hydrogens is 276 g/mol. The van der Waals surface area contributed by atoms with Crippen LogP contribution in [0.2, 0.25) is 0 Å². The van der Waals surface area contributed by atoms with Crippen molar-refractivity contribution in [1.29, 1.82) is 0 Å². The number of carbonyl (C=O) groups is 1. The van der Waals surface area contributed by atoms with Crippen molar-refractivity contribution in [2.45, 2.75) is 31.1 Å². The third-order valence-electron chi connectivity index (χ3n) is 3.65. The maximum absolute atomic E-state index is 12.2. The molecule has 1 amide bonds. The molecule has 1 aliphatic heterocycles. The Morgan fingerprint density at radius 3 is 2.40 bits per heavy atom. The van der Waals surface area contributed by atoms with Crippen LogP contribution < -0.4 is 10.6 Å². The fourth-order valence-electron chi connectivity index (χ4n) is 2.36. The molecule has 110 valence electrons. The number of amides is 1. The molecule has 1 aliphatic rings. The van der Waals surface area contributed by atoms with Crippen LogP contribution in [0.4, 0.5) is 0 Å². The first kappa shape index (κ1) is 15.0. The molecule has 1 heterocycles. The fourth-order valence-corrected chi connectivity index (χ4v) is 2.87. The second kappa shape index (κ2) is 6.37. The number of hydrogen-bond acceptors (Lipinski definition) is 4. The quantitative estimate of drug-likeness (QED) is 0.714. The van der Waals surface area contributed by atoms with E-state index in [9.17, 15) is 13.2 Å². The molecule has 0 aliphatic carbocycles. The molecule has 1 fully saturated rings. The van der Waals surface area contributed by atoms with Gasteiger partial charge in [0.05, 0.1) is 5.75 Å². The summed E-state index contributed by atoms with van der Waals surface area (Å²) in [6.07, 6.45) is 1.82. The van der Waals surface area contributed by atoms with E-state index in [4.69, 9.17) is 0 Å². The highest BCUT2D eigenvalue weighted by Crippen LogP contribution is 2.18. The smallest absolute Gasteiger partial charge is 0.251 e. The number of hydrogen-bond donors (Lipinski definition) is 3. The number of benzene rings is 1. The third kappa shape index (κ3) is 4.05. The number of carbonyl (C=O) groups excluding carboxylic acids is 1. The molecule has 0 radical (unpaired) electrons. The molecule has 0 saturated carbocycles. The first-order chi connectivity index (χ1) is 9.48. The first-order valence-corrected chi connectivity index (χ1v) is 8.09. The molecular formula is C14H20N2O3S. The number of rotatable bonds is 4. The van der Waals surface area contributed by atoms with Crippen molar-refractivity contribution >= 4 is 16.6 Å². The molecule has 0 unspecified atom stereocenters. The lowest BCUT2D eigenvalue weighted by Gasteiger charge is -2.35. The second-order valence-electron chi connectivity index (χ2n) is 5.45. The largest absolute Gasteiger partial charge is 0.347 e. The first-order valence-electron chi connectivity index (χ1n) is 6.72. The van der Waals surface area contributed by atoms with Gasteiger partial charge in [-0.05, 0) is 50.6 Å². The maximum Gasteiger partial charge on any atom is 0.251 e. The van der Waals surface area contributed by atoms with E-state index in [0.717, 1.165) is 25.9 Å². The van der Waals surface area contributed by atoms with E-state index >= 15 is 0 Å². The summed E-state index contributed by atoms with van der Waals surface area (Å²) in [5.74, 6) is -0.0897. The van der Waals surface area contributed by atoms with Crippen LogP contribution in [-0.4, -0.2) is 33.0 Å². The Morgan fingerprint density at radius 2 is 1.85 bits per heavy atom. The summed E-state index contributed by atoms with van der Waals surface area (Å²) in [6.45, 7) is 3.88. The number of piperidine rings is 1. The summed E-state index contributed by atoms with van der Waals surface area (Å²) in [7, 11) is -2.43. The Hall–Kier alpha value is -1.40. The van der Waals surface area contributed by atoms with Gasteiger partial charge in [0.25, 0.3) is 5.91 Å². The highest BCUT2D eigenvalue weighted by atomic mass is 32.2. The van der Waals surface area contributed by atoms with E-state index in [1.165, 1.54) is 0 Å². The van der Waals surface area contributed by atoms with Crippen LogP contribution in [0.15, 0.2) is 24.3 Å². The SMILES string of the molecule is CC1(NC(=O)c2ccc(C[SH](=O)=O)cc2)CCNCC1. The molecule has 1 aromatic carbocycles. The fraction of sp³-hybridized carbons (Fsp3) is 0.500. The van der Waals surface area contributed by atoms with Crippen molar-refractivity contribution in [2.24, 2.45) is 0 Å². The van der Waals surface area contributed by atoms with Crippen molar-refractivity contribution in [3.63, 3.8) is 0 Å². The van der Waals surface area contributed by atoms with Crippen LogP contribution in [0, 0.1) is 0 Å². The molecule has 5 nitrogen and oxygen atoms in total. The van der Waals surface area contributed by atoms with Gasteiger partial charge in [0.1, 0.15) is 10.7 Å². The van der Waals surface area contributed by atoms with Crippen LogP contribution in [0.1, 0.15) is 35.7 Å². The summed E-state index contributed by atoms with van der Waals surface area (Å²) in [5, 5.41) is 6.34. The van der Waals surface area contributed by atoms with Crippen molar-refractivity contribution in [3.8, 4) is 0 Å². The van der Waals surface area contributed by atoms with Gasteiger partial charge in [0.2, 0.25) is 0 Å². The van der Waals surface area contributed by atoms with E-state index in [-0.39, 0.29) is 17.2 Å². The van der Waals surface area contributed by atoms with Crippen molar-refractivity contribution < 1.29 is 13.2 Å². The Labute approximate surface area is 120 Å². The summed E-state index contributed by atoms with van der Waals surface area (Å²) in [6, 6.07) is 6.72. The predicted octanol–water partition coefficient (Wildman–Crippen LogP) is 0.670. The average molecular weight is 296 g/mol. The lowest BCUT2D eigenvalue weighted by atomic mass is 9.90. The van der Waals surface area contributed by atoms with Crippen molar-refractivity contribution in [2.75, 3.05) is 13.1 Å². The minimum atomic E-state index is -2.43. The van der Waals surface area contributed by atoms with E-state index in [1.807, 2.05) is 0 Å². The van der Waals surface area contributed by atoms with Crippen LogP contribution in [-0.2, 0) is 16.5 Å². The molecule has 20 heavy (non-hydrogen) atoms. The highest BCUT2D eigenvalue weighted by Gasteiger charge is 2.28. The normalized spacial score (nSPS) is 17.9. The summed E-state index contributed by atoms with van der Waals surface area (Å²) in [4.78, 5) is 12.2. The van der Waals surface area contributed by atoms with Gasteiger partial charge in [0, 0.05) is 11.1 Å². The molecule has 1 aromatic rings. The number of thiol groups is 1. The lowest BCUT2D eigenvalue weighted by Crippen LogP contribution is -2.52. The summed E-state index contributed by atoms with van der Waals surface area (Å²) < 4.78 is 21.3. The summed E-state index contributed by atoms with van der Waals surface area (Å²) >= 11 is 0. The van der Waals surface area contributed by atoms with E-state index in [0.29, 0.717) is 11.1 Å². The second-order valence-corrected chi connectivity index (χ2v) is 6.43. The highest BCUT2D eigenvalue weighted by molar-refractivity contribution is 7.71. The molecule has 0 spiro atoms. The van der Waals surface area contributed by atoms with Gasteiger partial charge in [-0.3, -0.25) is 4.79 Å². The topological polar surface area (TPSA) is 75.3 Å². The Balaban J connectivity index is 2.01. The zero-order chi connectivity index (χ0) is 14.6. The summed E-state index contributed by atoms with van der Waals surface area (Å²) in [5.41, 5.74) is 1.10. The van der Waals surface area contributed by atoms with Crippen molar-refractivity contribution in [3.05, 3.63) is 35.4 Å². The Bertz CT molecular complexity index is 538. The molecule has 2 rings (SSSR count). The van der Waals surface area contributed by atoms with Crippen LogP contribution >= 0.6 is 0 Å². The van der Waals surface area contributed by atoms with Gasteiger partial charge in [-0.15, -0.1) is 0 Å². The molecule has 2 N–H and O–H groups in total. The zero-order valence-electron chi connectivity index (χ0n) is 11.5. The minimum Gasteiger partial charge on any atom is -0.347 e. The van der Waals surface area contributed by atoms with Gasteiger partial charge in [-0.2, -0.15) is 0 Å². The third-order valence-corrected chi connectivity index (χ3v) is 4.27. The molecule has 0 aromatic heterocycles. The van der Waals surface area contributed by atoms with Crippen LogP contribution in [0.3, 0.4) is 0 Å². The molecule has 1 saturated heterocycles. The van der Waals surface area contributed by atoms with Gasteiger partial charge in [0.15, 0.2) is 0 Å². The van der Waals surface area contributed by atoms with Gasteiger partial charge in [-0.1, -0.05) is 12.1 Å². The number of nitrogens with one attached hydrogen (secondary N) is 2. The monoisotopic (exact) mass is 296 g/mol. The van der Waals surface area contributed by atoms with E-state index in [1.54, 1.807) is 24.3 Å². The van der Waals surface area contributed by atoms with Gasteiger partial charge in [-0.25, -0.2) is 8.42 Å². The van der Waals surface area contributed by atoms with Crippen LogP contribution in [0.25, 0.3) is 0 Å². The van der Waals surface area contributed by atoms with E-state index < -0.39 is 10.7 Å². The minimum absolute atomic E-state index is 0.0145.